The zero-order chi connectivity index (χ0) is 14.4. The fourth-order valence-electron chi connectivity index (χ4n) is 1.71. The molecule has 0 spiro atoms. The predicted octanol–water partition coefficient (Wildman–Crippen LogP) is 3.84. The van der Waals surface area contributed by atoms with Crippen molar-refractivity contribution in [2.75, 3.05) is 13.7 Å². The molecule has 1 amide bonds. The lowest BCUT2D eigenvalue weighted by molar-refractivity contribution is 0.0953. The molecule has 106 valence electrons. The van der Waals surface area contributed by atoms with Gasteiger partial charge in [-0.15, -0.1) is 11.6 Å². The smallest absolute Gasteiger partial charge is 0.251 e. The van der Waals surface area contributed by atoms with Gasteiger partial charge in [-0.2, -0.15) is 0 Å². The van der Waals surface area contributed by atoms with Crippen LogP contribution in [0.25, 0.3) is 0 Å². The molecule has 1 atom stereocenters. The Balaban J connectivity index is 2.56. The summed E-state index contributed by atoms with van der Waals surface area (Å²) in [7, 11) is 1.59. The summed E-state index contributed by atoms with van der Waals surface area (Å²) in [6.07, 6.45) is 0.883. The SMILES string of the molecule is COc1ccc(C(=O)NCC(Cl)CC(C)C)cc1Br. The van der Waals surface area contributed by atoms with Crippen LogP contribution < -0.4 is 10.1 Å². The average molecular weight is 349 g/mol. The molecule has 0 aliphatic rings. The van der Waals surface area contributed by atoms with Gasteiger partial charge in [0.1, 0.15) is 5.75 Å². The summed E-state index contributed by atoms with van der Waals surface area (Å²) >= 11 is 9.50. The fourth-order valence-corrected chi connectivity index (χ4v) is 2.68. The number of methoxy groups -OCH3 is 1. The molecule has 0 radical (unpaired) electrons. The van der Waals surface area contributed by atoms with Gasteiger partial charge in [0.05, 0.1) is 17.0 Å². The second-order valence-corrected chi connectivity index (χ2v) is 6.26. The van der Waals surface area contributed by atoms with Crippen molar-refractivity contribution in [3.05, 3.63) is 28.2 Å². The minimum atomic E-state index is -0.127. The van der Waals surface area contributed by atoms with Crippen LogP contribution in [0.4, 0.5) is 0 Å². The Bertz CT molecular complexity index is 437. The van der Waals surface area contributed by atoms with E-state index in [1.165, 1.54) is 0 Å². The standard InChI is InChI=1S/C14H19BrClNO2/c1-9(2)6-11(16)8-17-14(18)10-4-5-13(19-3)12(15)7-10/h4-5,7,9,11H,6,8H2,1-3H3,(H,17,18). The second kappa shape index (κ2) is 7.75. The number of carbonyl (C=O) groups excluding carboxylic acids is 1. The summed E-state index contributed by atoms with van der Waals surface area (Å²) in [6.45, 7) is 4.69. The van der Waals surface area contributed by atoms with Crippen molar-refractivity contribution in [1.82, 2.24) is 5.32 Å². The van der Waals surface area contributed by atoms with E-state index >= 15 is 0 Å². The Morgan fingerprint density at radius 1 is 1.47 bits per heavy atom. The molecule has 0 aliphatic heterocycles. The van der Waals surface area contributed by atoms with Gasteiger partial charge in [-0.25, -0.2) is 0 Å². The van der Waals surface area contributed by atoms with Gasteiger partial charge in [0.15, 0.2) is 0 Å². The highest BCUT2D eigenvalue weighted by Gasteiger charge is 2.12. The third-order valence-corrected chi connectivity index (χ3v) is 3.58. The molecule has 5 heteroatoms. The van der Waals surface area contributed by atoms with Crippen LogP contribution in [0.3, 0.4) is 0 Å². The summed E-state index contributed by atoms with van der Waals surface area (Å²) in [5.74, 6) is 1.10. The second-order valence-electron chi connectivity index (χ2n) is 4.79. The fraction of sp³-hybridized carbons (Fsp3) is 0.500. The molecule has 1 rings (SSSR count). The van der Waals surface area contributed by atoms with Crippen molar-refractivity contribution >= 4 is 33.4 Å². The van der Waals surface area contributed by atoms with E-state index in [1.807, 2.05) is 0 Å². The number of benzene rings is 1. The van der Waals surface area contributed by atoms with E-state index in [1.54, 1.807) is 25.3 Å². The molecule has 1 unspecified atom stereocenters. The average Bonchev–Trinajstić information content (AvgIpc) is 2.35. The lowest BCUT2D eigenvalue weighted by Crippen LogP contribution is -2.30. The lowest BCUT2D eigenvalue weighted by Gasteiger charge is -2.13. The van der Waals surface area contributed by atoms with E-state index in [0.717, 1.165) is 10.9 Å². The van der Waals surface area contributed by atoms with Crippen LogP contribution in [-0.4, -0.2) is 24.9 Å². The van der Waals surface area contributed by atoms with E-state index in [2.05, 4.69) is 35.1 Å². The van der Waals surface area contributed by atoms with Gasteiger partial charge in [-0.05, 0) is 46.5 Å². The van der Waals surface area contributed by atoms with Gasteiger partial charge >= 0.3 is 0 Å². The molecule has 0 aromatic heterocycles. The van der Waals surface area contributed by atoms with Gasteiger partial charge in [-0.1, -0.05) is 13.8 Å². The van der Waals surface area contributed by atoms with E-state index in [-0.39, 0.29) is 11.3 Å². The van der Waals surface area contributed by atoms with E-state index in [9.17, 15) is 4.79 Å². The van der Waals surface area contributed by atoms with Crippen molar-refractivity contribution in [1.29, 1.82) is 0 Å². The normalized spacial score (nSPS) is 12.3. The predicted molar refractivity (Wildman–Crippen MR) is 82.1 cm³/mol. The number of nitrogens with one attached hydrogen (secondary N) is 1. The molecule has 0 fully saturated rings. The van der Waals surface area contributed by atoms with Crippen LogP contribution in [0.2, 0.25) is 0 Å². The highest BCUT2D eigenvalue weighted by molar-refractivity contribution is 9.10. The van der Waals surface area contributed by atoms with Gasteiger partial charge in [-0.3, -0.25) is 4.79 Å². The number of hydrogen-bond acceptors (Lipinski definition) is 2. The van der Waals surface area contributed by atoms with Gasteiger partial charge < -0.3 is 10.1 Å². The lowest BCUT2D eigenvalue weighted by atomic mass is 10.1. The summed E-state index contributed by atoms with van der Waals surface area (Å²) in [5.41, 5.74) is 0.584. The molecule has 0 bridgehead atoms. The first-order chi connectivity index (χ1) is 8.93. The first-order valence-corrected chi connectivity index (χ1v) is 7.42. The van der Waals surface area contributed by atoms with E-state index < -0.39 is 0 Å². The van der Waals surface area contributed by atoms with Crippen LogP contribution in [0.15, 0.2) is 22.7 Å². The zero-order valence-electron chi connectivity index (χ0n) is 11.4. The van der Waals surface area contributed by atoms with Gasteiger partial charge in [0.25, 0.3) is 5.91 Å². The van der Waals surface area contributed by atoms with Crippen molar-refractivity contribution in [2.24, 2.45) is 5.92 Å². The zero-order valence-corrected chi connectivity index (χ0v) is 13.7. The Hall–Kier alpha value is -0.740. The van der Waals surface area contributed by atoms with Crippen molar-refractivity contribution in [2.45, 2.75) is 25.6 Å². The van der Waals surface area contributed by atoms with Crippen LogP contribution in [0.1, 0.15) is 30.6 Å². The van der Waals surface area contributed by atoms with Crippen molar-refractivity contribution in [3.63, 3.8) is 0 Å². The number of rotatable bonds is 6. The maximum atomic E-state index is 12.0. The minimum Gasteiger partial charge on any atom is -0.496 e. The third-order valence-electron chi connectivity index (χ3n) is 2.63. The number of halogens is 2. The molecule has 1 aromatic rings. The first kappa shape index (κ1) is 16.3. The van der Waals surface area contributed by atoms with Crippen molar-refractivity contribution < 1.29 is 9.53 Å². The van der Waals surface area contributed by atoms with Crippen LogP contribution in [-0.2, 0) is 0 Å². The van der Waals surface area contributed by atoms with Crippen LogP contribution in [0.5, 0.6) is 5.75 Å². The first-order valence-electron chi connectivity index (χ1n) is 6.19. The Kier molecular flexibility index (Phi) is 6.66. The Morgan fingerprint density at radius 3 is 2.68 bits per heavy atom. The monoisotopic (exact) mass is 347 g/mol. The number of amides is 1. The molecule has 3 nitrogen and oxygen atoms in total. The number of alkyl halides is 1. The van der Waals surface area contributed by atoms with E-state index in [4.69, 9.17) is 16.3 Å². The van der Waals surface area contributed by atoms with Crippen LogP contribution in [0, 0.1) is 5.92 Å². The topological polar surface area (TPSA) is 38.3 Å². The maximum absolute atomic E-state index is 12.0. The molecule has 0 aliphatic carbocycles. The summed E-state index contributed by atoms with van der Waals surface area (Å²) in [6, 6.07) is 5.22. The number of ether oxygens (including phenoxy) is 1. The number of carbonyl (C=O) groups is 1. The minimum absolute atomic E-state index is 0.0364. The molecule has 0 heterocycles. The van der Waals surface area contributed by atoms with Crippen molar-refractivity contribution in [3.8, 4) is 5.75 Å². The van der Waals surface area contributed by atoms with Gasteiger partial charge in [0.2, 0.25) is 0 Å². The summed E-state index contributed by atoms with van der Waals surface area (Å²) < 4.78 is 5.88. The Labute approximate surface area is 127 Å². The molecule has 0 saturated heterocycles. The van der Waals surface area contributed by atoms with Crippen LogP contribution >= 0.6 is 27.5 Å². The molecule has 1 N–H and O–H groups in total. The molecular weight excluding hydrogens is 330 g/mol. The highest BCUT2D eigenvalue weighted by atomic mass is 79.9. The summed E-state index contributed by atoms with van der Waals surface area (Å²) in [5, 5.41) is 2.80. The molecule has 1 aromatic carbocycles. The molecule has 0 saturated carbocycles. The Morgan fingerprint density at radius 2 is 2.16 bits per heavy atom. The molecule has 19 heavy (non-hydrogen) atoms. The maximum Gasteiger partial charge on any atom is 0.251 e. The highest BCUT2D eigenvalue weighted by Crippen LogP contribution is 2.25. The van der Waals surface area contributed by atoms with E-state index in [0.29, 0.717) is 23.8 Å². The van der Waals surface area contributed by atoms with Gasteiger partial charge in [0, 0.05) is 12.1 Å². The quantitative estimate of drug-likeness (QED) is 0.793. The third kappa shape index (κ3) is 5.41. The molecular formula is C14H19BrClNO2. The largest absolute Gasteiger partial charge is 0.496 e. The number of hydrogen-bond donors (Lipinski definition) is 1. The summed E-state index contributed by atoms with van der Waals surface area (Å²) in [4.78, 5) is 12.0.